The van der Waals surface area contributed by atoms with Crippen LogP contribution in [0.4, 0.5) is 0 Å². The molecule has 1 atom stereocenters. The van der Waals surface area contributed by atoms with E-state index in [2.05, 4.69) is 6.92 Å². The molecule has 0 saturated heterocycles. The molecule has 0 bridgehead atoms. The topological polar surface area (TPSA) is 20.2 Å². The van der Waals surface area contributed by atoms with E-state index in [-0.39, 0.29) is 0 Å². The van der Waals surface area contributed by atoms with Crippen molar-refractivity contribution in [2.24, 2.45) is 5.92 Å². The van der Waals surface area contributed by atoms with Gasteiger partial charge in [-0.25, -0.2) is 0 Å². The van der Waals surface area contributed by atoms with Gasteiger partial charge in [-0.3, -0.25) is 0 Å². The molecule has 0 heterocycles. The minimum Gasteiger partial charge on any atom is -0.508 e. The Morgan fingerprint density at radius 3 is 2.40 bits per heavy atom. The van der Waals surface area contributed by atoms with Crippen LogP contribution in [0.15, 0.2) is 24.0 Å². The van der Waals surface area contributed by atoms with E-state index in [1.165, 1.54) is 0 Å². The number of rotatable bonds is 0. The standard InChI is InChI=1S/C7H10O.C2H6/c1-6-2-4-7(8)5-3-6;1-2/h2,4-6,8H,3H2,1H3;1-2H3/t6-;/m0./s1. The van der Waals surface area contributed by atoms with Gasteiger partial charge in [-0.1, -0.05) is 26.8 Å². The minimum atomic E-state index is 0.406. The molecule has 0 aromatic carbocycles. The second kappa shape index (κ2) is 5.10. The lowest BCUT2D eigenvalue weighted by molar-refractivity contribution is 0.422. The third kappa shape index (κ3) is 3.33. The van der Waals surface area contributed by atoms with E-state index in [4.69, 9.17) is 5.11 Å². The average Bonchev–Trinajstić information content (AvgIpc) is 2.00. The lowest BCUT2D eigenvalue weighted by Gasteiger charge is -2.05. The molecule has 0 aliphatic heterocycles. The first-order valence-electron chi connectivity index (χ1n) is 3.86. The first-order chi connectivity index (χ1) is 4.79. The largest absolute Gasteiger partial charge is 0.508 e. The van der Waals surface area contributed by atoms with Crippen molar-refractivity contribution in [1.29, 1.82) is 0 Å². The molecule has 0 saturated carbocycles. The van der Waals surface area contributed by atoms with Gasteiger partial charge < -0.3 is 5.11 Å². The Morgan fingerprint density at radius 1 is 1.50 bits per heavy atom. The van der Waals surface area contributed by atoms with Gasteiger partial charge in [0.15, 0.2) is 0 Å². The summed E-state index contributed by atoms with van der Waals surface area (Å²) in [5.74, 6) is 1.01. The molecule has 1 N–H and O–H groups in total. The molecule has 0 aromatic heterocycles. The Labute approximate surface area is 63.1 Å². The van der Waals surface area contributed by atoms with Crippen molar-refractivity contribution >= 4 is 0 Å². The Bertz CT molecular complexity index is 134. The molecule has 58 valence electrons. The van der Waals surface area contributed by atoms with E-state index < -0.39 is 0 Å². The Hall–Kier alpha value is -0.720. The zero-order chi connectivity index (χ0) is 7.98. The highest BCUT2D eigenvalue weighted by molar-refractivity contribution is 5.15. The van der Waals surface area contributed by atoms with Gasteiger partial charge in [-0.15, -0.1) is 0 Å². The lowest BCUT2D eigenvalue weighted by Crippen LogP contribution is -1.92. The van der Waals surface area contributed by atoms with E-state index in [1.807, 2.05) is 26.0 Å². The van der Waals surface area contributed by atoms with Crippen LogP contribution in [0.3, 0.4) is 0 Å². The fourth-order valence-electron chi connectivity index (χ4n) is 0.716. The molecule has 0 amide bonds. The van der Waals surface area contributed by atoms with E-state index in [9.17, 15) is 0 Å². The molecular weight excluding hydrogens is 124 g/mol. The third-order valence-electron chi connectivity index (χ3n) is 1.29. The monoisotopic (exact) mass is 140 g/mol. The van der Waals surface area contributed by atoms with Crippen LogP contribution < -0.4 is 0 Å². The van der Waals surface area contributed by atoms with Gasteiger partial charge in [0.2, 0.25) is 0 Å². The van der Waals surface area contributed by atoms with Crippen molar-refractivity contribution in [2.75, 3.05) is 0 Å². The zero-order valence-corrected chi connectivity index (χ0v) is 6.96. The molecule has 0 fully saturated rings. The van der Waals surface area contributed by atoms with Crippen LogP contribution in [0.1, 0.15) is 27.2 Å². The summed E-state index contributed by atoms with van der Waals surface area (Å²) in [4.78, 5) is 0. The summed E-state index contributed by atoms with van der Waals surface area (Å²) in [6, 6.07) is 0. The highest BCUT2D eigenvalue weighted by atomic mass is 16.3. The first-order valence-corrected chi connectivity index (χ1v) is 3.86. The zero-order valence-electron chi connectivity index (χ0n) is 6.96. The van der Waals surface area contributed by atoms with Crippen LogP contribution in [0.25, 0.3) is 0 Å². The molecule has 0 aromatic rings. The van der Waals surface area contributed by atoms with Crippen LogP contribution in [0.2, 0.25) is 0 Å². The van der Waals surface area contributed by atoms with Crippen LogP contribution in [0, 0.1) is 5.92 Å². The Morgan fingerprint density at radius 2 is 2.10 bits per heavy atom. The average molecular weight is 140 g/mol. The Balaban J connectivity index is 0.000000371. The highest BCUT2D eigenvalue weighted by Crippen LogP contribution is 2.12. The summed E-state index contributed by atoms with van der Waals surface area (Å²) in [6.07, 6.45) is 6.57. The van der Waals surface area contributed by atoms with Crippen LogP contribution in [-0.2, 0) is 0 Å². The Kier molecular flexibility index (Phi) is 4.73. The normalized spacial score (nSPS) is 22.7. The van der Waals surface area contributed by atoms with E-state index in [1.54, 1.807) is 6.08 Å². The minimum absolute atomic E-state index is 0.406. The van der Waals surface area contributed by atoms with Gasteiger partial charge in [0.25, 0.3) is 0 Å². The summed E-state index contributed by atoms with van der Waals surface area (Å²) >= 11 is 0. The fourth-order valence-corrected chi connectivity index (χ4v) is 0.716. The molecule has 1 heteroatoms. The molecule has 1 nitrogen and oxygen atoms in total. The summed E-state index contributed by atoms with van der Waals surface area (Å²) < 4.78 is 0. The smallest absolute Gasteiger partial charge is 0.111 e. The molecular formula is C9H16O. The summed E-state index contributed by atoms with van der Waals surface area (Å²) in [7, 11) is 0. The second-order valence-corrected chi connectivity index (χ2v) is 2.20. The number of hydrogen-bond acceptors (Lipinski definition) is 1. The van der Waals surface area contributed by atoms with Gasteiger partial charge >= 0.3 is 0 Å². The summed E-state index contributed by atoms with van der Waals surface area (Å²) in [6.45, 7) is 6.12. The van der Waals surface area contributed by atoms with Crippen LogP contribution in [0.5, 0.6) is 0 Å². The lowest BCUT2D eigenvalue weighted by atomic mass is 10.0. The van der Waals surface area contributed by atoms with E-state index in [0.717, 1.165) is 6.42 Å². The van der Waals surface area contributed by atoms with Gasteiger partial charge in [0.05, 0.1) is 0 Å². The molecule has 10 heavy (non-hydrogen) atoms. The molecule has 1 aliphatic carbocycles. The molecule has 0 spiro atoms. The predicted molar refractivity (Wildman–Crippen MR) is 45.0 cm³/mol. The van der Waals surface area contributed by atoms with Crippen molar-refractivity contribution in [1.82, 2.24) is 0 Å². The maximum atomic E-state index is 8.80. The SMILES string of the molecule is CC.C[C@H]1C=CC(O)=CC1. The molecule has 0 radical (unpaired) electrons. The van der Waals surface area contributed by atoms with Crippen molar-refractivity contribution in [2.45, 2.75) is 27.2 Å². The van der Waals surface area contributed by atoms with Crippen molar-refractivity contribution in [3.05, 3.63) is 24.0 Å². The first kappa shape index (κ1) is 9.28. The number of aliphatic hydroxyl groups is 1. The van der Waals surface area contributed by atoms with Gasteiger partial charge in [-0.05, 0) is 24.5 Å². The molecule has 1 rings (SSSR count). The van der Waals surface area contributed by atoms with Crippen LogP contribution in [-0.4, -0.2) is 5.11 Å². The van der Waals surface area contributed by atoms with Crippen molar-refractivity contribution < 1.29 is 5.11 Å². The van der Waals surface area contributed by atoms with Crippen molar-refractivity contribution in [3.63, 3.8) is 0 Å². The summed E-state index contributed by atoms with van der Waals surface area (Å²) in [5.41, 5.74) is 0. The van der Waals surface area contributed by atoms with Gasteiger partial charge in [0, 0.05) is 0 Å². The maximum absolute atomic E-state index is 8.80. The third-order valence-corrected chi connectivity index (χ3v) is 1.29. The summed E-state index contributed by atoms with van der Waals surface area (Å²) in [5, 5.41) is 8.80. The fraction of sp³-hybridized carbons (Fsp3) is 0.556. The quantitative estimate of drug-likeness (QED) is 0.548. The van der Waals surface area contributed by atoms with E-state index in [0.29, 0.717) is 11.7 Å². The van der Waals surface area contributed by atoms with Crippen molar-refractivity contribution in [3.8, 4) is 0 Å². The highest BCUT2D eigenvalue weighted by Gasteiger charge is 1.99. The van der Waals surface area contributed by atoms with Gasteiger partial charge in [-0.2, -0.15) is 0 Å². The predicted octanol–water partition coefficient (Wildman–Crippen LogP) is 3.05. The second-order valence-electron chi connectivity index (χ2n) is 2.20. The van der Waals surface area contributed by atoms with Crippen LogP contribution >= 0.6 is 0 Å². The number of aliphatic hydroxyl groups excluding tert-OH is 1. The number of allylic oxidation sites excluding steroid dienone is 3. The van der Waals surface area contributed by atoms with Gasteiger partial charge in [0.1, 0.15) is 5.76 Å². The van der Waals surface area contributed by atoms with E-state index >= 15 is 0 Å². The molecule has 1 aliphatic rings. The maximum Gasteiger partial charge on any atom is 0.111 e. The number of hydrogen-bond donors (Lipinski definition) is 1. The molecule has 0 unspecified atom stereocenters.